The fraction of sp³-hybridized carbons (Fsp3) is 0.0556. The molecule has 1 aliphatic rings. The molecule has 8 heteroatoms. The number of phenols is 1. The molecular formula is C18H13N3O4S. The van der Waals surface area contributed by atoms with E-state index in [0.29, 0.717) is 22.4 Å². The summed E-state index contributed by atoms with van der Waals surface area (Å²) in [6, 6.07) is 13.9. The minimum atomic E-state index is -3.81. The highest BCUT2D eigenvalue weighted by Crippen LogP contribution is 2.46. The van der Waals surface area contributed by atoms with Crippen LogP contribution in [-0.4, -0.2) is 23.2 Å². The van der Waals surface area contributed by atoms with Gasteiger partial charge in [-0.3, -0.25) is 4.72 Å². The van der Waals surface area contributed by atoms with Gasteiger partial charge in [0.25, 0.3) is 10.0 Å². The Hall–Kier alpha value is -3.26. The summed E-state index contributed by atoms with van der Waals surface area (Å²) < 4.78 is 35.4. The first-order valence-electron chi connectivity index (χ1n) is 7.90. The third-order valence-corrected chi connectivity index (χ3v) is 5.95. The van der Waals surface area contributed by atoms with Crippen LogP contribution in [0.4, 0.5) is 5.82 Å². The van der Waals surface area contributed by atoms with Crippen molar-refractivity contribution in [1.82, 2.24) is 9.72 Å². The fourth-order valence-corrected chi connectivity index (χ4v) is 4.88. The molecule has 2 aromatic carbocycles. The number of fused-ring (bicyclic) bond motifs is 5. The van der Waals surface area contributed by atoms with Gasteiger partial charge < -0.3 is 14.2 Å². The zero-order valence-electron chi connectivity index (χ0n) is 13.6. The largest absolute Gasteiger partial charge is 0.508 e. The van der Waals surface area contributed by atoms with Crippen molar-refractivity contribution < 1.29 is 18.0 Å². The molecule has 0 saturated carbocycles. The molecule has 0 saturated heterocycles. The number of hydrogen-bond donors (Lipinski definition) is 2. The quantitative estimate of drug-likeness (QED) is 0.537. The lowest BCUT2D eigenvalue weighted by Gasteiger charge is -2.17. The van der Waals surface area contributed by atoms with Crippen LogP contribution in [0, 0.1) is 6.92 Å². The number of aromatic nitrogens is 2. The number of para-hydroxylation sites is 1. The molecule has 5 rings (SSSR count). The lowest BCUT2D eigenvalue weighted by atomic mass is 10.1. The van der Waals surface area contributed by atoms with E-state index in [2.05, 4.69) is 9.88 Å². The van der Waals surface area contributed by atoms with E-state index in [-0.39, 0.29) is 16.5 Å². The van der Waals surface area contributed by atoms with Gasteiger partial charge in [0.1, 0.15) is 16.4 Å². The van der Waals surface area contributed by atoms with Crippen LogP contribution in [0.2, 0.25) is 0 Å². The molecule has 0 bridgehead atoms. The van der Waals surface area contributed by atoms with Crippen molar-refractivity contribution in [3.63, 3.8) is 0 Å². The van der Waals surface area contributed by atoms with E-state index in [1.807, 2.05) is 16.7 Å². The number of benzene rings is 2. The van der Waals surface area contributed by atoms with Gasteiger partial charge in [0.15, 0.2) is 5.82 Å². The van der Waals surface area contributed by atoms with Crippen LogP contribution >= 0.6 is 0 Å². The average molecular weight is 367 g/mol. The fourth-order valence-electron chi connectivity index (χ4n) is 3.48. The highest BCUT2D eigenvalue weighted by molar-refractivity contribution is 7.93. The number of hydrogen-bond acceptors (Lipinski definition) is 5. The topological polar surface area (TPSA) is 97.4 Å². The number of anilines is 1. The molecule has 7 nitrogen and oxygen atoms in total. The predicted molar refractivity (Wildman–Crippen MR) is 96.0 cm³/mol. The van der Waals surface area contributed by atoms with Crippen molar-refractivity contribution in [3.05, 3.63) is 54.3 Å². The summed E-state index contributed by atoms with van der Waals surface area (Å²) in [4.78, 5) is 0.194. The van der Waals surface area contributed by atoms with E-state index in [1.54, 1.807) is 43.3 Å². The first kappa shape index (κ1) is 15.0. The van der Waals surface area contributed by atoms with E-state index >= 15 is 0 Å². The van der Waals surface area contributed by atoms with Crippen LogP contribution in [0.5, 0.6) is 5.75 Å². The van der Waals surface area contributed by atoms with Gasteiger partial charge in [0, 0.05) is 11.1 Å². The third kappa shape index (κ3) is 1.87. The van der Waals surface area contributed by atoms with Crippen LogP contribution in [0.3, 0.4) is 0 Å². The highest BCUT2D eigenvalue weighted by Gasteiger charge is 2.37. The zero-order chi connectivity index (χ0) is 18.1. The Morgan fingerprint density at radius 2 is 1.85 bits per heavy atom. The average Bonchev–Trinajstić information content (AvgIpc) is 3.14. The molecule has 2 N–H and O–H groups in total. The Kier molecular flexibility index (Phi) is 2.83. The molecule has 0 amide bonds. The molecular weight excluding hydrogens is 354 g/mol. The van der Waals surface area contributed by atoms with Crippen molar-refractivity contribution >= 4 is 26.7 Å². The SMILES string of the molecule is Cc1onc2c1-c1c(c3ccccc3n1-c1ccc(O)cc1)S(=O)(=O)N2. The number of rotatable bonds is 1. The molecule has 4 aromatic rings. The van der Waals surface area contributed by atoms with Crippen LogP contribution in [0.25, 0.3) is 27.8 Å². The number of aromatic hydroxyl groups is 1. The maximum absolute atomic E-state index is 12.9. The van der Waals surface area contributed by atoms with Crippen molar-refractivity contribution in [2.24, 2.45) is 0 Å². The van der Waals surface area contributed by atoms with Gasteiger partial charge in [-0.2, -0.15) is 0 Å². The highest BCUT2D eigenvalue weighted by atomic mass is 32.2. The molecule has 3 heterocycles. The monoisotopic (exact) mass is 367 g/mol. The van der Waals surface area contributed by atoms with Gasteiger partial charge in [0.2, 0.25) is 0 Å². The Bertz CT molecular complexity index is 1280. The zero-order valence-corrected chi connectivity index (χ0v) is 14.4. The van der Waals surface area contributed by atoms with E-state index < -0.39 is 10.0 Å². The lowest BCUT2D eigenvalue weighted by molar-refractivity contribution is 0.401. The summed E-state index contributed by atoms with van der Waals surface area (Å²) in [6.07, 6.45) is 0. The lowest BCUT2D eigenvalue weighted by Crippen LogP contribution is -2.19. The first-order valence-corrected chi connectivity index (χ1v) is 9.38. The Morgan fingerprint density at radius 1 is 1.12 bits per heavy atom. The summed E-state index contributed by atoms with van der Waals surface area (Å²) in [7, 11) is -3.81. The van der Waals surface area contributed by atoms with Crippen molar-refractivity contribution in [2.75, 3.05) is 4.72 Å². The van der Waals surface area contributed by atoms with Crippen LogP contribution in [-0.2, 0) is 10.0 Å². The maximum Gasteiger partial charge on any atom is 0.265 e. The number of nitrogens with one attached hydrogen (secondary N) is 1. The standard InChI is InChI=1S/C18H13N3O4S/c1-10-15-16-17(26(23,24)20-18(15)19-25-10)13-4-2-3-5-14(13)21(16)11-6-8-12(22)9-7-11/h2-9,22H,1H3,(H,19,20). The first-order chi connectivity index (χ1) is 12.5. The molecule has 0 fully saturated rings. The predicted octanol–water partition coefficient (Wildman–Crippen LogP) is 3.41. The summed E-state index contributed by atoms with van der Waals surface area (Å²) in [6.45, 7) is 1.74. The van der Waals surface area contributed by atoms with Crippen molar-refractivity contribution in [3.8, 4) is 22.7 Å². The molecule has 0 spiro atoms. The second-order valence-corrected chi connectivity index (χ2v) is 7.73. The van der Waals surface area contributed by atoms with E-state index in [1.165, 1.54) is 0 Å². The maximum atomic E-state index is 12.9. The number of aryl methyl sites for hydroxylation is 1. The van der Waals surface area contributed by atoms with Crippen LogP contribution in [0.15, 0.2) is 57.9 Å². The van der Waals surface area contributed by atoms with Crippen molar-refractivity contribution in [2.45, 2.75) is 11.8 Å². The smallest absolute Gasteiger partial charge is 0.265 e. The van der Waals surface area contributed by atoms with Gasteiger partial charge in [0.05, 0.1) is 16.8 Å². The van der Waals surface area contributed by atoms with Gasteiger partial charge in [-0.05, 0) is 37.3 Å². The van der Waals surface area contributed by atoms with Crippen LogP contribution in [0.1, 0.15) is 5.76 Å². The van der Waals surface area contributed by atoms with Crippen molar-refractivity contribution in [1.29, 1.82) is 0 Å². The second-order valence-electron chi connectivity index (χ2n) is 6.11. The minimum Gasteiger partial charge on any atom is -0.508 e. The molecule has 0 atom stereocenters. The molecule has 0 unspecified atom stereocenters. The Balaban J connectivity index is 2.02. The molecule has 1 aliphatic heterocycles. The van der Waals surface area contributed by atoms with E-state index in [9.17, 15) is 13.5 Å². The second kappa shape index (κ2) is 4.89. The molecule has 26 heavy (non-hydrogen) atoms. The van der Waals surface area contributed by atoms with Gasteiger partial charge >= 0.3 is 0 Å². The van der Waals surface area contributed by atoms with Gasteiger partial charge in [-0.25, -0.2) is 8.42 Å². The number of sulfonamides is 1. The molecule has 0 radical (unpaired) electrons. The summed E-state index contributed by atoms with van der Waals surface area (Å²) in [5.74, 6) is 0.833. The summed E-state index contributed by atoms with van der Waals surface area (Å²) in [5.41, 5.74) is 2.58. The normalized spacial score (nSPS) is 14.7. The minimum absolute atomic E-state index is 0.134. The Labute approximate surface area is 148 Å². The van der Waals surface area contributed by atoms with Gasteiger partial charge in [-0.1, -0.05) is 23.4 Å². The van der Waals surface area contributed by atoms with E-state index in [0.717, 1.165) is 11.2 Å². The molecule has 0 aliphatic carbocycles. The molecule has 2 aromatic heterocycles. The van der Waals surface area contributed by atoms with Crippen LogP contribution < -0.4 is 4.72 Å². The van der Waals surface area contributed by atoms with E-state index in [4.69, 9.17) is 4.52 Å². The summed E-state index contributed by atoms with van der Waals surface area (Å²) >= 11 is 0. The number of phenolic OH excluding ortho intramolecular Hbond substituents is 1. The van der Waals surface area contributed by atoms with Gasteiger partial charge in [-0.15, -0.1) is 0 Å². The third-order valence-electron chi connectivity index (χ3n) is 4.54. The number of nitrogens with zero attached hydrogens (tertiary/aromatic N) is 2. The Morgan fingerprint density at radius 3 is 2.62 bits per heavy atom. The summed E-state index contributed by atoms with van der Waals surface area (Å²) in [5, 5.41) is 14.1. The molecule has 130 valence electrons.